The molecule has 0 fully saturated rings. The molecule has 1 aromatic carbocycles. The monoisotopic (exact) mass is 258 g/mol. The second kappa shape index (κ2) is 5.18. The summed E-state index contributed by atoms with van der Waals surface area (Å²) in [6, 6.07) is 7.52. The van der Waals surface area contributed by atoms with E-state index < -0.39 is 0 Å². The summed E-state index contributed by atoms with van der Waals surface area (Å²) in [7, 11) is 1.56. The first kappa shape index (κ1) is 13.2. The van der Waals surface area contributed by atoms with Gasteiger partial charge in [0.15, 0.2) is 0 Å². The van der Waals surface area contributed by atoms with Crippen LogP contribution in [-0.2, 0) is 0 Å². The molecule has 2 rings (SSSR count). The average molecular weight is 258 g/mol. The van der Waals surface area contributed by atoms with Crippen LogP contribution >= 0.6 is 0 Å². The standard InChI is InChI=1S/C15H18N2O2/c1-9-7-10(2)11(3)13(8-9)19-15-12(16)5-6-14(17-15)18-4/h5-8H,16H2,1-4H3. The lowest BCUT2D eigenvalue weighted by atomic mass is 10.1. The number of nitrogen functional groups attached to an aromatic ring is 1. The number of aromatic nitrogens is 1. The van der Waals surface area contributed by atoms with Gasteiger partial charge in [-0.05, 0) is 49.6 Å². The fourth-order valence-corrected chi connectivity index (χ4v) is 1.84. The minimum Gasteiger partial charge on any atom is -0.481 e. The Morgan fingerprint density at radius 1 is 1.11 bits per heavy atom. The Hall–Kier alpha value is -2.23. The Balaban J connectivity index is 2.41. The van der Waals surface area contributed by atoms with Gasteiger partial charge in [-0.15, -0.1) is 0 Å². The normalized spacial score (nSPS) is 10.3. The van der Waals surface area contributed by atoms with Gasteiger partial charge < -0.3 is 15.2 Å². The van der Waals surface area contributed by atoms with E-state index in [1.807, 2.05) is 19.9 Å². The third kappa shape index (κ3) is 2.78. The van der Waals surface area contributed by atoms with E-state index in [9.17, 15) is 0 Å². The topological polar surface area (TPSA) is 57.4 Å². The summed E-state index contributed by atoms with van der Waals surface area (Å²) in [5, 5.41) is 0. The van der Waals surface area contributed by atoms with Gasteiger partial charge in [-0.3, -0.25) is 0 Å². The first-order valence-electron chi connectivity index (χ1n) is 6.07. The zero-order valence-corrected chi connectivity index (χ0v) is 11.7. The molecular weight excluding hydrogens is 240 g/mol. The Labute approximate surface area is 113 Å². The Morgan fingerprint density at radius 2 is 1.84 bits per heavy atom. The summed E-state index contributed by atoms with van der Waals surface area (Å²) in [5.74, 6) is 1.61. The Morgan fingerprint density at radius 3 is 2.53 bits per heavy atom. The summed E-state index contributed by atoms with van der Waals surface area (Å²) in [6.45, 7) is 6.10. The molecule has 2 N–H and O–H groups in total. The number of aryl methyl sites for hydroxylation is 2. The van der Waals surface area contributed by atoms with Crippen molar-refractivity contribution >= 4 is 5.69 Å². The number of benzene rings is 1. The zero-order chi connectivity index (χ0) is 14.0. The number of methoxy groups -OCH3 is 1. The van der Waals surface area contributed by atoms with Gasteiger partial charge >= 0.3 is 0 Å². The molecule has 0 saturated carbocycles. The van der Waals surface area contributed by atoms with Crippen molar-refractivity contribution in [3.8, 4) is 17.5 Å². The molecule has 0 atom stereocenters. The number of nitrogens with two attached hydrogens (primary N) is 1. The minimum atomic E-state index is 0.368. The SMILES string of the molecule is COc1ccc(N)c(Oc2cc(C)cc(C)c2C)n1. The maximum atomic E-state index is 5.88. The first-order chi connectivity index (χ1) is 9.01. The fraction of sp³-hybridized carbons (Fsp3) is 0.267. The van der Waals surface area contributed by atoms with Crippen LogP contribution in [0.15, 0.2) is 24.3 Å². The molecule has 0 unspecified atom stereocenters. The first-order valence-corrected chi connectivity index (χ1v) is 6.07. The zero-order valence-electron chi connectivity index (χ0n) is 11.7. The van der Waals surface area contributed by atoms with Crippen LogP contribution in [0.25, 0.3) is 0 Å². The molecular formula is C15H18N2O2. The number of pyridine rings is 1. The Bertz CT molecular complexity index is 609. The second-order valence-electron chi connectivity index (χ2n) is 4.56. The van der Waals surface area contributed by atoms with Crippen LogP contribution in [0.5, 0.6) is 17.5 Å². The van der Waals surface area contributed by atoms with Gasteiger partial charge in [0.1, 0.15) is 5.75 Å². The van der Waals surface area contributed by atoms with E-state index in [0.29, 0.717) is 17.4 Å². The molecule has 0 bridgehead atoms. The Kier molecular flexibility index (Phi) is 3.60. The summed E-state index contributed by atoms with van der Waals surface area (Å²) < 4.78 is 10.9. The van der Waals surface area contributed by atoms with E-state index in [1.165, 1.54) is 5.56 Å². The van der Waals surface area contributed by atoms with Crippen LogP contribution < -0.4 is 15.2 Å². The summed E-state index contributed by atoms with van der Waals surface area (Å²) >= 11 is 0. The molecule has 4 nitrogen and oxygen atoms in total. The third-order valence-corrected chi connectivity index (χ3v) is 3.04. The molecule has 100 valence electrons. The highest BCUT2D eigenvalue weighted by atomic mass is 16.5. The van der Waals surface area contributed by atoms with Crippen LogP contribution in [0.2, 0.25) is 0 Å². The van der Waals surface area contributed by atoms with E-state index in [2.05, 4.69) is 18.0 Å². The number of hydrogen-bond acceptors (Lipinski definition) is 4. The molecule has 19 heavy (non-hydrogen) atoms. The number of hydrogen-bond donors (Lipinski definition) is 1. The van der Waals surface area contributed by atoms with E-state index in [-0.39, 0.29) is 0 Å². The van der Waals surface area contributed by atoms with Gasteiger partial charge in [0.05, 0.1) is 12.8 Å². The summed E-state index contributed by atoms with van der Waals surface area (Å²) in [5.41, 5.74) is 9.75. The predicted octanol–water partition coefficient (Wildman–Crippen LogP) is 3.39. The molecule has 0 saturated heterocycles. The molecule has 0 radical (unpaired) electrons. The van der Waals surface area contributed by atoms with Crippen LogP contribution in [0.4, 0.5) is 5.69 Å². The van der Waals surface area contributed by atoms with Gasteiger partial charge in [-0.1, -0.05) is 6.07 Å². The number of rotatable bonds is 3. The molecule has 0 aliphatic rings. The van der Waals surface area contributed by atoms with E-state index >= 15 is 0 Å². The molecule has 1 aromatic heterocycles. The molecule has 2 aromatic rings. The highest BCUT2D eigenvalue weighted by Gasteiger charge is 2.10. The quantitative estimate of drug-likeness (QED) is 0.916. The van der Waals surface area contributed by atoms with E-state index in [4.69, 9.17) is 15.2 Å². The van der Waals surface area contributed by atoms with Crippen molar-refractivity contribution < 1.29 is 9.47 Å². The predicted molar refractivity (Wildman–Crippen MR) is 75.9 cm³/mol. The number of ether oxygens (including phenoxy) is 2. The summed E-state index contributed by atoms with van der Waals surface area (Å²) in [4.78, 5) is 4.22. The third-order valence-electron chi connectivity index (χ3n) is 3.04. The molecule has 0 aliphatic heterocycles. The van der Waals surface area contributed by atoms with Crippen molar-refractivity contribution in [2.45, 2.75) is 20.8 Å². The minimum absolute atomic E-state index is 0.368. The van der Waals surface area contributed by atoms with E-state index in [1.54, 1.807) is 19.2 Å². The summed E-state index contributed by atoms with van der Waals surface area (Å²) in [6.07, 6.45) is 0. The lowest BCUT2D eigenvalue weighted by Crippen LogP contribution is -1.99. The van der Waals surface area contributed by atoms with Crippen molar-refractivity contribution in [3.63, 3.8) is 0 Å². The van der Waals surface area contributed by atoms with Crippen LogP contribution in [-0.4, -0.2) is 12.1 Å². The highest BCUT2D eigenvalue weighted by Crippen LogP contribution is 2.31. The van der Waals surface area contributed by atoms with E-state index in [0.717, 1.165) is 16.9 Å². The second-order valence-corrected chi connectivity index (χ2v) is 4.56. The lowest BCUT2D eigenvalue weighted by molar-refractivity contribution is 0.383. The van der Waals surface area contributed by atoms with Gasteiger partial charge in [0.25, 0.3) is 0 Å². The number of anilines is 1. The fourth-order valence-electron chi connectivity index (χ4n) is 1.84. The van der Waals surface area contributed by atoms with Crippen LogP contribution in [0.1, 0.15) is 16.7 Å². The highest BCUT2D eigenvalue weighted by molar-refractivity contribution is 5.52. The largest absolute Gasteiger partial charge is 0.481 e. The van der Waals surface area contributed by atoms with Crippen LogP contribution in [0, 0.1) is 20.8 Å². The molecule has 0 spiro atoms. The van der Waals surface area contributed by atoms with Crippen molar-refractivity contribution in [2.75, 3.05) is 12.8 Å². The van der Waals surface area contributed by atoms with Crippen molar-refractivity contribution in [1.29, 1.82) is 0 Å². The molecule has 1 heterocycles. The van der Waals surface area contributed by atoms with Crippen molar-refractivity contribution in [3.05, 3.63) is 41.0 Å². The van der Waals surface area contributed by atoms with Crippen molar-refractivity contribution in [2.24, 2.45) is 0 Å². The smallest absolute Gasteiger partial charge is 0.246 e. The number of nitrogens with zero attached hydrogens (tertiary/aromatic N) is 1. The lowest BCUT2D eigenvalue weighted by Gasteiger charge is -2.13. The maximum absolute atomic E-state index is 5.88. The molecule has 4 heteroatoms. The van der Waals surface area contributed by atoms with Crippen molar-refractivity contribution in [1.82, 2.24) is 4.98 Å². The maximum Gasteiger partial charge on any atom is 0.246 e. The molecule has 0 aliphatic carbocycles. The molecule has 0 amide bonds. The van der Waals surface area contributed by atoms with Gasteiger partial charge in [0, 0.05) is 6.07 Å². The van der Waals surface area contributed by atoms with Gasteiger partial charge in [0.2, 0.25) is 11.8 Å². The van der Waals surface area contributed by atoms with Gasteiger partial charge in [-0.25, -0.2) is 0 Å². The van der Waals surface area contributed by atoms with Gasteiger partial charge in [-0.2, -0.15) is 4.98 Å². The average Bonchev–Trinajstić information content (AvgIpc) is 2.38. The van der Waals surface area contributed by atoms with Crippen LogP contribution in [0.3, 0.4) is 0 Å².